The summed E-state index contributed by atoms with van der Waals surface area (Å²) in [6.45, 7) is 4.21. The molecule has 0 aliphatic heterocycles. The van der Waals surface area contributed by atoms with Crippen molar-refractivity contribution in [1.82, 2.24) is 0 Å². The number of rotatable bonds is 4. The van der Waals surface area contributed by atoms with Crippen LogP contribution in [0.5, 0.6) is 5.75 Å². The molecular weight excluding hydrogens is 200 g/mol. The lowest BCUT2D eigenvalue weighted by Crippen LogP contribution is -2.08. The van der Waals surface area contributed by atoms with Gasteiger partial charge in [0.2, 0.25) is 0 Å². The van der Waals surface area contributed by atoms with Gasteiger partial charge in [-0.3, -0.25) is 0 Å². The van der Waals surface area contributed by atoms with Crippen LogP contribution in [0.1, 0.15) is 36.0 Å². The molecule has 1 saturated carbocycles. The van der Waals surface area contributed by atoms with Crippen LogP contribution in [0.4, 0.5) is 0 Å². The molecule has 2 rings (SSSR count). The first-order valence-corrected chi connectivity index (χ1v) is 5.90. The van der Waals surface area contributed by atoms with Crippen LogP contribution in [0, 0.1) is 13.8 Å². The van der Waals surface area contributed by atoms with Crippen LogP contribution < -0.4 is 4.74 Å². The predicted octanol–water partition coefficient (Wildman–Crippen LogP) is 2.77. The highest BCUT2D eigenvalue weighted by atomic mass is 16.5. The van der Waals surface area contributed by atoms with Crippen LogP contribution in [-0.4, -0.2) is 17.8 Å². The molecule has 1 fully saturated rings. The Morgan fingerprint density at radius 1 is 1.25 bits per heavy atom. The lowest BCUT2D eigenvalue weighted by Gasteiger charge is -2.13. The molecule has 1 N–H and O–H groups in total. The van der Waals surface area contributed by atoms with Crippen molar-refractivity contribution in [3.05, 3.63) is 28.8 Å². The van der Waals surface area contributed by atoms with Gasteiger partial charge in [-0.05, 0) is 62.3 Å². The summed E-state index contributed by atoms with van der Waals surface area (Å²) in [5.41, 5.74) is 3.39. The van der Waals surface area contributed by atoms with Gasteiger partial charge in [-0.2, -0.15) is 0 Å². The van der Waals surface area contributed by atoms with E-state index in [1.807, 2.05) is 0 Å². The number of aryl methyl sites for hydroxylation is 3. The second-order valence-electron chi connectivity index (χ2n) is 4.97. The van der Waals surface area contributed by atoms with E-state index in [-0.39, 0.29) is 5.60 Å². The first-order chi connectivity index (χ1) is 7.54. The monoisotopic (exact) mass is 220 g/mol. The van der Waals surface area contributed by atoms with E-state index in [1.54, 1.807) is 7.11 Å². The topological polar surface area (TPSA) is 29.5 Å². The molecule has 0 unspecified atom stereocenters. The Balaban J connectivity index is 2.14. The van der Waals surface area contributed by atoms with Crippen LogP contribution in [0.2, 0.25) is 0 Å². The van der Waals surface area contributed by atoms with Gasteiger partial charge in [0.25, 0.3) is 0 Å². The van der Waals surface area contributed by atoms with E-state index in [1.165, 1.54) is 16.7 Å². The molecule has 2 nitrogen and oxygen atoms in total. The molecule has 0 spiro atoms. The van der Waals surface area contributed by atoms with E-state index in [9.17, 15) is 5.11 Å². The third kappa shape index (κ3) is 2.38. The van der Waals surface area contributed by atoms with Gasteiger partial charge >= 0.3 is 0 Å². The summed E-state index contributed by atoms with van der Waals surface area (Å²) in [6, 6.07) is 4.27. The maximum absolute atomic E-state index is 9.84. The molecule has 1 aliphatic carbocycles. The summed E-state index contributed by atoms with van der Waals surface area (Å²) in [4.78, 5) is 0. The summed E-state index contributed by atoms with van der Waals surface area (Å²) >= 11 is 0. The minimum atomic E-state index is -0.371. The Kier molecular flexibility index (Phi) is 2.94. The van der Waals surface area contributed by atoms with Crippen LogP contribution in [0.25, 0.3) is 0 Å². The Morgan fingerprint density at radius 3 is 2.44 bits per heavy atom. The van der Waals surface area contributed by atoms with Gasteiger partial charge in [0.05, 0.1) is 12.7 Å². The number of methoxy groups -OCH3 is 1. The van der Waals surface area contributed by atoms with Crippen molar-refractivity contribution in [2.75, 3.05) is 7.11 Å². The van der Waals surface area contributed by atoms with Gasteiger partial charge in [-0.1, -0.05) is 6.07 Å². The molecule has 0 aromatic heterocycles. The Labute approximate surface area is 97.3 Å². The normalized spacial score (nSPS) is 17.2. The van der Waals surface area contributed by atoms with Gasteiger partial charge in [0, 0.05) is 0 Å². The molecule has 0 bridgehead atoms. The van der Waals surface area contributed by atoms with Crippen molar-refractivity contribution >= 4 is 0 Å². The number of benzene rings is 1. The molecule has 0 saturated heterocycles. The van der Waals surface area contributed by atoms with E-state index in [2.05, 4.69) is 26.0 Å². The van der Waals surface area contributed by atoms with Gasteiger partial charge in [0.15, 0.2) is 0 Å². The number of hydrogen-bond donors (Lipinski definition) is 1. The molecule has 0 atom stereocenters. The fourth-order valence-corrected chi connectivity index (χ4v) is 2.00. The Hall–Kier alpha value is -1.02. The fourth-order valence-electron chi connectivity index (χ4n) is 2.00. The van der Waals surface area contributed by atoms with Crippen LogP contribution in [0.15, 0.2) is 12.1 Å². The SMILES string of the molecule is COc1cc(C)c(C)cc1CCC1(O)CC1. The van der Waals surface area contributed by atoms with E-state index in [4.69, 9.17) is 4.74 Å². The van der Waals surface area contributed by atoms with Crippen molar-refractivity contribution in [1.29, 1.82) is 0 Å². The molecule has 2 heteroatoms. The highest BCUT2D eigenvalue weighted by molar-refractivity contribution is 5.42. The average molecular weight is 220 g/mol. The van der Waals surface area contributed by atoms with Crippen LogP contribution in [0.3, 0.4) is 0 Å². The van der Waals surface area contributed by atoms with Crippen molar-refractivity contribution in [2.45, 2.75) is 45.1 Å². The van der Waals surface area contributed by atoms with Crippen molar-refractivity contribution in [3.63, 3.8) is 0 Å². The second-order valence-corrected chi connectivity index (χ2v) is 4.97. The number of hydrogen-bond acceptors (Lipinski definition) is 2. The summed E-state index contributed by atoms with van der Waals surface area (Å²) in [5.74, 6) is 0.951. The quantitative estimate of drug-likeness (QED) is 0.845. The summed E-state index contributed by atoms with van der Waals surface area (Å²) in [6.07, 6.45) is 3.67. The third-order valence-corrected chi connectivity index (χ3v) is 3.58. The minimum Gasteiger partial charge on any atom is -0.496 e. The highest BCUT2D eigenvalue weighted by Crippen LogP contribution is 2.40. The van der Waals surface area contributed by atoms with Gasteiger partial charge in [0.1, 0.15) is 5.75 Å². The minimum absolute atomic E-state index is 0.371. The molecule has 1 aliphatic rings. The molecule has 0 amide bonds. The van der Waals surface area contributed by atoms with Gasteiger partial charge in [-0.15, -0.1) is 0 Å². The average Bonchev–Trinajstić information content (AvgIpc) is 2.98. The zero-order valence-electron chi connectivity index (χ0n) is 10.3. The molecule has 16 heavy (non-hydrogen) atoms. The van der Waals surface area contributed by atoms with E-state index >= 15 is 0 Å². The van der Waals surface area contributed by atoms with Crippen LogP contribution >= 0.6 is 0 Å². The van der Waals surface area contributed by atoms with E-state index < -0.39 is 0 Å². The summed E-state index contributed by atoms with van der Waals surface area (Å²) in [5, 5.41) is 9.84. The fraction of sp³-hybridized carbons (Fsp3) is 0.571. The first-order valence-electron chi connectivity index (χ1n) is 5.90. The standard InChI is InChI=1S/C14H20O2/c1-10-8-12(4-5-14(15)6-7-14)13(16-3)9-11(10)2/h8-9,15H,4-7H2,1-3H3. The Bertz CT molecular complexity index is 392. The second kappa shape index (κ2) is 4.10. The first kappa shape index (κ1) is 11.5. The predicted molar refractivity (Wildman–Crippen MR) is 65.0 cm³/mol. The van der Waals surface area contributed by atoms with Gasteiger partial charge < -0.3 is 9.84 Å². The maximum Gasteiger partial charge on any atom is 0.122 e. The lowest BCUT2D eigenvalue weighted by molar-refractivity contribution is 0.140. The largest absolute Gasteiger partial charge is 0.496 e. The molecule has 0 radical (unpaired) electrons. The molecular formula is C14H20O2. The molecule has 88 valence electrons. The maximum atomic E-state index is 9.84. The smallest absolute Gasteiger partial charge is 0.122 e. The Morgan fingerprint density at radius 2 is 1.88 bits per heavy atom. The zero-order chi connectivity index (χ0) is 11.8. The van der Waals surface area contributed by atoms with Crippen molar-refractivity contribution in [2.24, 2.45) is 0 Å². The molecule has 0 heterocycles. The summed E-state index contributed by atoms with van der Waals surface area (Å²) < 4.78 is 5.39. The van der Waals surface area contributed by atoms with Gasteiger partial charge in [-0.25, -0.2) is 0 Å². The zero-order valence-corrected chi connectivity index (χ0v) is 10.3. The van der Waals surface area contributed by atoms with Crippen LogP contribution in [-0.2, 0) is 6.42 Å². The number of aliphatic hydroxyl groups is 1. The molecule has 1 aromatic carbocycles. The highest BCUT2D eigenvalue weighted by Gasteiger charge is 2.39. The van der Waals surface area contributed by atoms with Crippen molar-refractivity contribution in [3.8, 4) is 5.75 Å². The lowest BCUT2D eigenvalue weighted by atomic mass is 10.00. The summed E-state index contributed by atoms with van der Waals surface area (Å²) in [7, 11) is 1.71. The van der Waals surface area contributed by atoms with E-state index in [0.29, 0.717) is 0 Å². The third-order valence-electron chi connectivity index (χ3n) is 3.58. The van der Waals surface area contributed by atoms with E-state index in [0.717, 1.165) is 31.4 Å². The number of ether oxygens (including phenoxy) is 1. The molecule has 1 aromatic rings. The van der Waals surface area contributed by atoms with Crippen molar-refractivity contribution < 1.29 is 9.84 Å².